The van der Waals surface area contributed by atoms with Crippen LogP contribution in [0.2, 0.25) is 5.02 Å². The molecule has 0 saturated heterocycles. The van der Waals surface area contributed by atoms with Crippen molar-refractivity contribution >= 4 is 29.3 Å². The molecule has 1 N–H and O–H groups in total. The van der Waals surface area contributed by atoms with E-state index in [4.69, 9.17) is 21.1 Å². The van der Waals surface area contributed by atoms with E-state index >= 15 is 0 Å². The molecular formula is C20H18ClNO3. The van der Waals surface area contributed by atoms with Gasteiger partial charge in [-0.25, -0.2) is 0 Å². The van der Waals surface area contributed by atoms with Gasteiger partial charge in [0.2, 0.25) is 5.91 Å². The average molecular weight is 356 g/mol. The number of benzene rings is 2. The highest BCUT2D eigenvalue weighted by molar-refractivity contribution is 6.31. The molecule has 4 nitrogen and oxygen atoms in total. The first kappa shape index (κ1) is 17.1. The largest absolute Gasteiger partial charge is 0.495 e. The molecule has 1 heterocycles. The maximum Gasteiger partial charge on any atom is 0.248 e. The van der Waals surface area contributed by atoms with E-state index in [1.807, 2.05) is 37.3 Å². The van der Waals surface area contributed by atoms with Crippen LogP contribution in [0.5, 0.6) is 11.5 Å². The van der Waals surface area contributed by atoms with Crippen molar-refractivity contribution in [3.8, 4) is 11.5 Å². The van der Waals surface area contributed by atoms with E-state index in [1.165, 1.54) is 13.2 Å². The minimum atomic E-state index is -0.271. The Kier molecular flexibility index (Phi) is 5.10. The third kappa shape index (κ3) is 4.03. The minimum absolute atomic E-state index is 0.125. The van der Waals surface area contributed by atoms with Gasteiger partial charge in [0.25, 0.3) is 0 Å². The second-order valence-corrected chi connectivity index (χ2v) is 6.05. The van der Waals surface area contributed by atoms with Crippen LogP contribution in [-0.2, 0) is 4.79 Å². The number of methoxy groups -OCH3 is 1. The fraction of sp³-hybridized carbons (Fsp3) is 0.150. The monoisotopic (exact) mass is 355 g/mol. The molecular weight excluding hydrogens is 338 g/mol. The quantitative estimate of drug-likeness (QED) is 0.808. The molecule has 25 heavy (non-hydrogen) atoms. The molecule has 0 radical (unpaired) electrons. The van der Waals surface area contributed by atoms with Gasteiger partial charge in [-0.2, -0.15) is 0 Å². The molecule has 1 unspecified atom stereocenters. The number of para-hydroxylation sites is 1. The number of hydrogen-bond acceptors (Lipinski definition) is 3. The molecule has 0 fully saturated rings. The molecule has 1 aliphatic rings. The van der Waals surface area contributed by atoms with Crippen LogP contribution in [0.15, 0.2) is 60.2 Å². The number of fused-ring (bicyclic) bond motifs is 1. The van der Waals surface area contributed by atoms with Crippen molar-refractivity contribution in [2.75, 3.05) is 12.4 Å². The summed E-state index contributed by atoms with van der Waals surface area (Å²) in [5.41, 5.74) is 2.45. The SMILES string of the molecule is COc1ccc(Cl)cc1NC(=O)C=CC1=Cc2ccccc2OC1C. The summed E-state index contributed by atoms with van der Waals surface area (Å²) in [4.78, 5) is 12.2. The zero-order chi connectivity index (χ0) is 17.8. The Labute approximate surface area is 151 Å². The summed E-state index contributed by atoms with van der Waals surface area (Å²) in [6.45, 7) is 1.95. The van der Waals surface area contributed by atoms with Gasteiger partial charge in [-0.3, -0.25) is 4.79 Å². The molecule has 0 saturated carbocycles. The molecule has 0 aliphatic carbocycles. The van der Waals surface area contributed by atoms with E-state index in [1.54, 1.807) is 24.3 Å². The van der Waals surface area contributed by atoms with Crippen LogP contribution in [0.4, 0.5) is 5.69 Å². The lowest BCUT2D eigenvalue weighted by Crippen LogP contribution is -2.18. The van der Waals surface area contributed by atoms with E-state index in [9.17, 15) is 4.79 Å². The predicted molar refractivity (Wildman–Crippen MR) is 100 cm³/mol. The number of amides is 1. The predicted octanol–water partition coefficient (Wildman–Crippen LogP) is 4.71. The van der Waals surface area contributed by atoms with Crippen molar-refractivity contribution < 1.29 is 14.3 Å². The van der Waals surface area contributed by atoms with E-state index < -0.39 is 0 Å². The Morgan fingerprint density at radius 1 is 1.28 bits per heavy atom. The van der Waals surface area contributed by atoms with Gasteiger partial charge in [0.15, 0.2) is 0 Å². The Balaban J connectivity index is 1.75. The summed E-state index contributed by atoms with van der Waals surface area (Å²) in [6, 6.07) is 12.9. The lowest BCUT2D eigenvalue weighted by atomic mass is 10.0. The van der Waals surface area contributed by atoms with Crippen molar-refractivity contribution in [1.29, 1.82) is 0 Å². The summed E-state index contributed by atoms with van der Waals surface area (Å²) < 4.78 is 11.1. The highest BCUT2D eigenvalue weighted by Crippen LogP contribution is 2.30. The zero-order valence-electron chi connectivity index (χ0n) is 14.0. The minimum Gasteiger partial charge on any atom is -0.495 e. The number of rotatable bonds is 4. The van der Waals surface area contributed by atoms with Crippen molar-refractivity contribution in [1.82, 2.24) is 0 Å². The van der Waals surface area contributed by atoms with Crippen LogP contribution in [-0.4, -0.2) is 19.1 Å². The third-order valence-corrected chi connectivity index (χ3v) is 4.10. The Morgan fingerprint density at radius 2 is 2.08 bits per heavy atom. The van der Waals surface area contributed by atoms with Gasteiger partial charge >= 0.3 is 0 Å². The standard InChI is InChI=1S/C20H18ClNO3/c1-13-14(11-15-5-3-4-6-18(15)25-13)7-10-20(23)22-17-12-16(21)8-9-19(17)24-2/h3-13H,1-2H3,(H,22,23). The zero-order valence-corrected chi connectivity index (χ0v) is 14.7. The van der Waals surface area contributed by atoms with Crippen molar-refractivity contribution in [2.45, 2.75) is 13.0 Å². The second-order valence-electron chi connectivity index (χ2n) is 5.61. The number of halogens is 1. The van der Waals surface area contributed by atoms with Crippen LogP contribution in [0.3, 0.4) is 0 Å². The number of nitrogens with one attached hydrogen (secondary N) is 1. The van der Waals surface area contributed by atoms with Crippen molar-refractivity contribution in [3.63, 3.8) is 0 Å². The van der Waals surface area contributed by atoms with Crippen LogP contribution in [0.25, 0.3) is 6.08 Å². The third-order valence-electron chi connectivity index (χ3n) is 3.86. The number of carbonyl (C=O) groups excluding carboxylic acids is 1. The number of carbonyl (C=O) groups is 1. The fourth-order valence-corrected chi connectivity index (χ4v) is 2.74. The summed E-state index contributed by atoms with van der Waals surface area (Å²) >= 11 is 5.97. The summed E-state index contributed by atoms with van der Waals surface area (Å²) in [5.74, 6) is 1.13. The topological polar surface area (TPSA) is 47.6 Å². The average Bonchev–Trinajstić information content (AvgIpc) is 2.60. The molecule has 2 aromatic carbocycles. The van der Waals surface area contributed by atoms with Gasteiger partial charge in [-0.15, -0.1) is 0 Å². The molecule has 0 aromatic heterocycles. The summed E-state index contributed by atoms with van der Waals surface area (Å²) in [5, 5.41) is 3.29. The maximum absolute atomic E-state index is 12.2. The molecule has 3 rings (SSSR count). The highest BCUT2D eigenvalue weighted by atomic mass is 35.5. The van der Waals surface area contributed by atoms with Gasteiger partial charge in [0.1, 0.15) is 17.6 Å². The molecule has 0 spiro atoms. The fourth-order valence-electron chi connectivity index (χ4n) is 2.57. The van der Waals surface area contributed by atoms with E-state index in [-0.39, 0.29) is 12.0 Å². The molecule has 5 heteroatoms. The molecule has 1 aliphatic heterocycles. The van der Waals surface area contributed by atoms with Crippen molar-refractivity contribution in [3.05, 3.63) is 70.8 Å². The van der Waals surface area contributed by atoms with Gasteiger partial charge in [-0.1, -0.05) is 29.8 Å². The van der Waals surface area contributed by atoms with Gasteiger partial charge in [0, 0.05) is 16.7 Å². The first-order valence-electron chi connectivity index (χ1n) is 7.86. The highest BCUT2D eigenvalue weighted by Gasteiger charge is 2.16. The molecule has 0 bridgehead atoms. The van der Waals surface area contributed by atoms with Crippen LogP contribution < -0.4 is 14.8 Å². The van der Waals surface area contributed by atoms with Gasteiger partial charge < -0.3 is 14.8 Å². The molecule has 128 valence electrons. The number of ether oxygens (including phenoxy) is 2. The normalized spacial score (nSPS) is 16.0. The lowest BCUT2D eigenvalue weighted by Gasteiger charge is -2.22. The Morgan fingerprint density at radius 3 is 2.88 bits per heavy atom. The summed E-state index contributed by atoms with van der Waals surface area (Å²) in [6.07, 6.45) is 5.12. The van der Waals surface area contributed by atoms with E-state index in [0.717, 1.165) is 16.9 Å². The smallest absolute Gasteiger partial charge is 0.248 e. The maximum atomic E-state index is 12.2. The number of hydrogen-bond donors (Lipinski definition) is 1. The van der Waals surface area contributed by atoms with Crippen LogP contribution in [0.1, 0.15) is 12.5 Å². The van der Waals surface area contributed by atoms with Gasteiger partial charge in [-0.05, 0) is 48.9 Å². The van der Waals surface area contributed by atoms with E-state index in [2.05, 4.69) is 5.32 Å². The molecule has 1 amide bonds. The van der Waals surface area contributed by atoms with Crippen LogP contribution >= 0.6 is 11.6 Å². The second kappa shape index (κ2) is 7.45. The Bertz CT molecular complexity index is 858. The Hall–Kier alpha value is -2.72. The lowest BCUT2D eigenvalue weighted by molar-refractivity contribution is -0.111. The van der Waals surface area contributed by atoms with Gasteiger partial charge in [0.05, 0.1) is 12.8 Å². The number of anilines is 1. The van der Waals surface area contributed by atoms with Crippen LogP contribution in [0, 0.1) is 0 Å². The first-order valence-corrected chi connectivity index (χ1v) is 8.24. The molecule has 2 aromatic rings. The molecule has 1 atom stereocenters. The van der Waals surface area contributed by atoms with Crippen molar-refractivity contribution in [2.24, 2.45) is 0 Å². The summed E-state index contributed by atoms with van der Waals surface area (Å²) in [7, 11) is 1.54. The van der Waals surface area contributed by atoms with E-state index in [0.29, 0.717) is 16.5 Å². The first-order chi connectivity index (χ1) is 12.1.